The van der Waals surface area contributed by atoms with E-state index in [4.69, 9.17) is 19.0 Å². The highest BCUT2D eigenvalue weighted by molar-refractivity contribution is 6.60. The van der Waals surface area contributed by atoms with Gasteiger partial charge in [0.25, 0.3) is 0 Å². The third-order valence-electron chi connectivity index (χ3n) is 5.17. The normalized spacial score (nSPS) is 12.8. The molecule has 26 heavy (non-hydrogen) atoms. The molecule has 0 aromatic carbocycles. The molecule has 0 amide bonds. The lowest BCUT2D eigenvalue weighted by molar-refractivity contribution is 0.122. The van der Waals surface area contributed by atoms with Gasteiger partial charge < -0.3 is 19.0 Å². The Morgan fingerprint density at radius 3 is 1.46 bits per heavy atom. The Labute approximate surface area is 170 Å². The molecule has 0 heterocycles. The third-order valence-corrected chi connectivity index (χ3v) is 8.00. The van der Waals surface area contributed by atoms with Crippen molar-refractivity contribution in [1.29, 1.82) is 0 Å². The van der Waals surface area contributed by atoms with Crippen LogP contribution in [-0.2, 0) is 13.3 Å². The van der Waals surface area contributed by atoms with Crippen molar-refractivity contribution < 1.29 is 13.3 Å². The van der Waals surface area contributed by atoms with E-state index < -0.39 is 8.80 Å². The summed E-state index contributed by atoms with van der Waals surface area (Å²) in [6.07, 6.45) is 18.4. The first-order valence-electron chi connectivity index (χ1n) is 10.5. The first kappa shape index (κ1) is 28.6. The average molecular weight is 412 g/mol. The van der Waals surface area contributed by atoms with Gasteiger partial charge in [0.1, 0.15) is 0 Å². The minimum Gasteiger partial charge on any atom is -0.377 e. The lowest BCUT2D eigenvalue weighted by Gasteiger charge is -2.24. The number of nitrogens with two attached hydrogens (primary N) is 1. The van der Waals surface area contributed by atoms with Crippen LogP contribution in [0.5, 0.6) is 0 Å². The fraction of sp³-hybridized carbons (Fsp3) is 1.00. The highest BCUT2D eigenvalue weighted by Crippen LogP contribution is 2.18. The molecule has 2 N–H and O–H groups in total. The van der Waals surface area contributed by atoms with Crippen molar-refractivity contribution in [3.05, 3.63) is 0 Å². The zero-order chi connectivity index (χ0) is 18.8. The second kappa shape index (κ2) is 20.1. The number of hydrogen-bond donors (Lipinski definition) is 1. The summed E-state index contributed by atoms with van der Waals surface area (Å²) in [5.41, 5.74) is 6.24. The molecule has 160 valence electrons. The van der Waals surface area contributed by atoms with Crippen molar-refractivity contribution in [2.24, 2.45) is 5.73 Å². The van der Waals surface area contributed by atoms with Crippen LogP contribution in [0, 0.1) is 0 Å². The third kappa shape index (κ3) is 15.4. The predicted molar refractivity (Wildman–Crippen MR) is 117 cm³/mol. The second-order valence-corrected chi connectivity index (χ2v) is 10.4. The Bertz CT molecular complexity index is 274. The molecule has 1 unspecified atom stereocenters. The van der Waals surface area contributed by atoms with Crippen molar-refractivity contribution in [3.63, 3.8) is 0 Å². The van der Waals surface area contributed by atoms with Crippen LogP contribution in [0.1, 0.15) is 96.8 Å². The quantitative estimate of drug-likeness (QED) is 0.206. The van der Waals surface area contributed by atoms with Gasteiger partial charge in [-0.05, 0) is 19.3 Å². The van der Waals surface area contributed by atoms with E-state index in [0.29, 0.717) is 6.04 Å². The van der Waals surface area contributed by atoms with E-state index in [-0.39, 0.29) is 12.4 Å². The zero-order valence-corrected chi connectivity index (χ0v) is 19.7. The summed E-state index contributed by atoms with van der Waals surface area (Å²) in [6.45, 7) is 2.28. The second-order valence-electron chi connectivity index (χ2n) is 7.27. The molecule has 0 rings (SSSR count). The Kier molecular flexibility index (Phi) is 22.1. The summed E-state index contributed by atoms with van der Waals surface area (Å²) >= 11 is 0. The van der Waals surface area contributed by atoms with E-state index in [1.807, 2.05) is 0 Å². The average Bonchev–Trinajstić information content (AvgIpc) is 2.63. The predicted octanol–water partition coefficient (Wildman–Crippen LogP) is 6.09. The van der Waals surface area contributed by atoms with E-state index in [2.05, 4.69) is 6.92 Å². The van der Waals surface area contributed by atoms with Crippen LogP contribution in [0.4, 0.5) is 0 Å². The monoisotopic (exact) mass is 411 g/mol. The van der Waals surface area contributed by atoms with Gasteiger partial charge in [-0.15, -0.1) is 12.4 Å². The number of halogens is 1. The van der Waals surface area contributed by atoms with Crippen molar-refractivity contribution >= 4 is 21.2 Å². The number of unbranched alkanes of at least 4 members (excludes halogenated alkanes) is 10. The van der Waals surface area contributed by atoms with Gasteiger partial charge >= 0.3 is 8.80 Å². The Morgan fingerprint density at radius 1 is 0.654 bits per heavy atom. The molecule has 0 fully saturated rings. The van der Waals surface area contributed by atoms with Crippen molar-refractivity contribution in [1.82, 2.24) is 0 Å². The highest BCUT2D eigenvalue weighted by Gasteiger charge is 2.36. The van der Waals surface area contributed by atoms with Crippen molar-refractivity contribution in [2.45, 2.75) is 109 Å². The van der Waals surface area contributed by atoms with E-state index in [9.17, 15) is 0 Å². The lowest BCUT2D eigenvalue weighted by atomic mass is 10.0. The van der Waals surface area contributed by atoms with Gasteiger partial charge in [0.15, 0.2) is 0 Å². The SMILES string of the molecule is CCCCCCCCCCCCCC(N)CCC[Si](OC)(OC)OC.Cl. The standard InChI is InChI=1S/C20H45NO3Si.ClH/c1-5-6-7-8-9-10-11-12-13-14-15-17-20(21)18-16-19-25(22-2,23-3)24-4;/h20H,5-19,21H2,1-4H3;1H. The number of rotatable bonds is 19. The van der Waals surface area contributed by atoms with Crippen LogP contribution in [0.3, 0.4) is 0 Å². The topological polar surface area (TPSA) is 53.7 Å². The van der Waals surface area contributed by atoms with E-state index in [1.54, 1.807) is 21.3 Å². The molecule has 0 saturated carbocycles. The molecular weight excluding hydrogens is 366 g/mol. The van der Waals surface area contributed by atoms with Crippen LogP contribution in [0.15, 0.2) is 0 Å². The van der Waals surface area contributed by atoms with Crippen LogP contribution in [0.25, 0.3) is 0 Å². The van der Waals surface area contributed by atoms with Gasteiger partial charge in [-0.25, -0.2) is 0 Å². The van der Waals surface area contributed by atoms with Gasteiger partial charge in [0.2, 0.25) is 0 Å². The molecule has 0 radical (unpaired) electrons. The van der Waals surface area contributed by atoms with E-state index in [0.717, 1.165) is 25.3 Å². The number of hydrogen-bond acceptors (Lipinski definition) is 4. The first-order valence-corrected chi connectivity index (χ1v) is 12.5. The Morgan fingerprint density at radius 2 is 1.04 bits per heavy atom. The molecule has 0 aliphatic rings. The smallest absolute Gasteiger partial charge is 0.377 e. The Hall–Kier alpha value is 0.347. The van der Waals surface area contributed by atoms with Gasteiger partial charge in [-0.1, -0.05) is 77.6 Å². The highest BCUT2D eigenvalue weighted by atomic mass is 35.5. The summed E-state index contributed by atoms with van der Waals surface area (Å²) < 4.78 is 16.3. The summed E-state index contributed by atoms with van der Waals surface area (Å²) in [7, 11) is 2.61. The van der Waals surface area contributed by atoms with Crippen molar-refractivity contribution in [2.75, 3.05) is 21.3 Å². The lowest BCUT2D eigenvalue weighted by Crippen LogP contribution is -2.42. The minimum atomic E-state index is -2.41. The van der Waals surface area contributed by atoms with Crippen molar-refractivity contribution in [3.8, 4) is 0 Å². The van der Waals surface area contributed by atoms with Gasteiger partial charge in [0, 0.05) is 33.4 Å². The van der Waals surface area contributed by atoms with Gasteiger partial charge in [-0.3, -0.25) is 0 Å². The molecule has 4 nitrogen and oxygen atoms in total. The molecule has 0 bridgehead atoms. The molecule has 0 aromatic heterocycles. The van der Waals surface area contributed by atoms with Crippen LogP contribution < -0.4 is 5.73 Å². The zero-order valence-electron chi connectivity index (χ0n) is 17.9. The molecular formula is C20H46ClNO3Si. The molecule has 0 saturated heterocycles. The molecule has 0 aliphatic heterocycles. The molecule has 0 aliphatic carbocycles. The summed E-state index contributed by atoms with van der Waals surface area (Å²) in [5, 5.41) is 0. The van der Waals surface area contributed by atoms with Crippen LogP contribution >= 0.6 is 12.4 Å². The van der Waals surface area contributed by atoms with Crippen LogP contribution in [-0.4, -0.2) is 36.2 Å². The molecule has 6 heteroatoms. The maximum absolute atomic E-state index is 6.24. The van der Waals surface area contributed by atoms with Crippen LogP contribution in [0.2, 0.25) is 6.04 Å². The largest absolute Gasteiger partial charge is 0.500 e. The fourth-order valence-electron chi connectivity index (χ4n) is 3.35. The molecule has 0 spiro atoms. The van der Waals surface area contributed by atoms with E-state index >= 15 is 0 Å². The summed E-state index contributed by atoms with van der Waals surface area (Å²) in [4.78, 5) is 0. The minimum absolute atomic E-state index is 0. The molecule has 0 aromatic rings. The van der Waals surface area contributed by atoms with Gasteiger partial charge in [0.05, 0.1) is 0 Å². The Balaban J connectivity index is 0. The first-order chi connectivity index (χ1) is 12.1. The van der Waals surface area contributed by atoms with Gasteiger partial charge in [-0.2, -0.15) is 0 Å². The fourth-order valence-corrected chi connectivity index (χ4v) is 5.10. The maximum atomic E-state index is 6.24. The summed E-state index contributed by atoms with van der Waals surface area (Å²) in [5.74, 6) is 0. The maximum Gasteiger partial charge on any atom is 0.500 e. The van der Waals surface area contributed by atoms with E-state index in [1.165, 1.54) is 70.6 Å². The summed E-state index contributed by atoms with van der Waals surface area (Å²) in [6, 6.07) is 1.15. The molecule has 1 atom stereocenters.